The number of benzene rings is 2. The van der Waals surface area contributed by atoms with Crippen molar-refractivity contribution >= 4 is 40.5 Å². The fourth-order valence-electron chi connectivity index (χ4n) is 4.36. The van der Waals surface area contributed by atoms with Gasteiger partial charge < -0.3 is 19.5 Å². The maximum Gasteiger partial charge on any atom is 0.339 e. The Labute approximate surface area is 207 Å². The lowest BCUT2D eigenvalue weighted by Crippen LogP contribution is -2.41. The van der Waals surface area contributed by atoms with Crippen molar-refractivity contribution in [3.8, 4) is 11.5 Å². The Hall–Kier alpha value is -4.40. The Balaban J connectivity index is 1.41. The molecule has 2 heterocycles. The smallest absolute Gasteiger partial charge is 0.339 e. The number of nitrogens with zero attached hydrogens (tertiary/aromatic N) is 1. The van der Waals surface area contributed by atoms with Gasteiger partial charge in [0.15, 0.2) is 18.1 Å². The van der Waals surface area contributed by atoms with Crippen LogP contribution in [0.5, 0.6) is 11.5 Å². The predicted molar refractivity (Wildman–Crippen MR) is 133 cm³/mol. The Kier molecular flexibility index (Phi) is 6.53. The van der Waals surface area contributed by atoms with Gasteiger partial charge in [-0.05, 0) is 60.2 Å². The molecule has 5 rings (SSSR count). The summed E-state index contributed by atoms with van der Waals surface area (Å²) in [6, 6.07) is 12.5. The van der Waals surface area contributed by atoms with Crippen molar-refractivity contribution in [1.82, 2.24) is 15.6 Å². The second-order valence-electron chi connectivity index (χ2n) is 8.49. The van der Waals surface area contributed by atoms with E-state index in [1.165, 1.54) is 0 Å². The molecular formula is C27H25N3O6. The summed E-state index contributed by atoms with van der Waals surface area (Å²) in [5.74, 6) is 0.0820. The molecule has 0 atom stereocenters. The molecule has 184 valence electrons. The second-order valence-corrected chi connectivity index (χ2v) is 8.49. The van der Waals surface area contributed by atoms with Crippen LogP contribution in [0.4, 0.5) is 4.79 Å². The fraction of sp³-hybridized carbons (Fsp3) is 0.259. The first-order valence-corrected chi connectivity index (χ1v) is 11.8. The molecule has 0 bridgehead atoms. The normalized spacial score (nSPS) is 14.5. The molecule has 0 saturated carbocycles. The minimum atomic E-state index is -0.699. The molecule has 2 N–H and O–H groups in total. The van der Waals surface area contributed by atoms with E-state index in [0.717, 1.165) is 28.8 Å². The first-order valence-electron chi connectivity index (χ1n) is 11.8. The highest BCUT2D eigenvalue weighted by Gasteiger charge is 2.28. The lowest BCUT2D eigenvalue weighted by molar-refractivity contribution is -0.123. The number of nitrogens with one attached hydrogen (secondary N) is 2. The van der Waals surface area contributed by atoms with Crippen LogP contribution < -0.4 is 20.1 Å². The van der Waals surface area contributed by atoms with Crippen LogP contribution in [0.1, 0.15) is 46.9 Å². The van der Waals surface area contributed by atoms with Gasteiger partial charge in [0, 0.05) is 11.9 Å². The number of aromatic nitrogens is 1. The number of pyridine rings is 1. The SMILES string of the molecule is CCCNC(=O)NC(=O)COC(=O)c1c2c(nc3ccccc13)C(=Cc1ccc3c(c1)OCO3)CC2. The molecule has 2 aromatic carbocycles. The largest absolute Gasteiger partial charge is 0.454 e. The number of urea groups is 1. The third-order valence-corrected chi connectivity index (χ3v) is 6.01. The molecular weight excluding hydrogens is 462 g/mol. The lowest BCUT2D eigenvalue weighted by atomic mass is 10.0. The van der Waals surface area contributed by atoms with Crippen LogP contribution in [0.15, 0.2) is 42.5 Å². The van der Waals surface area contributed by atoms with Crippen LogP contribution in [0, 0.1) is 0 Å². The van der Waals surface area contributed by atoms with Crippen molar-refractivity contribution in [2.45, 2.75) is 26.2 Å². The topological polar surface area (TPSA) is 116 Å². The van der Waals surface area contributed by atoms with Gasteiger partial charge >= 0.3 is 12.0 Å². The van der Waals surface area contributed by atoms with E-state index in [0.29, 0.717) is 47.4 Å². The van der Waals surface area contributed by atoms with Gasteiger partial charge in [0.2, 0.25) is 6.79 Å². The number of hydrogen-bond acceptors (Lipinski definition) is 7. The number of carbonyl (C=O) groups excluding carboxylic acids is 3. The Morgan fingerprint density at radius 2 is 1.92 bits per heavy atom. The Morgan fingerprint density at radius 1 is 1.08 bits per heavy atom. The van der Waals surface area contributed by atoms with Gasteiger partial charge in [-0.1, -0.05) is 31.2 Å². The molecule has 0 spiro atoms. The summed E-state index contributed by atoms with van der Waals surface area (Å²) in [5.41, 5.74) is 4.51. The van der Waals surface area contributed by atoms with Crippen LogP contribution in [0.2, 0.25) is 0 Å². The van der Waals surface area contributed by atoms with E-state index in [2.05, 4.69) is 10.6 Å². The van der Waals surface area contributed by atoms with Crippen LogP contribution in [-0.4, -0.2) is 42.8 Å². The van der Waals surface area contributed by atoms with E-state index in [9.17, 15) is 14.4 Å². The quantitative estimate of drug-likeness (QED) is 0.508. The zero-order chi connectivity index (χ0) is 25.1. The monoisotopic (exact) mass is 487 g/mol. The van der Waals surface area contributed by atoms with Gasteiger partial charge in [0.25, 0.3) is 5.91 Å². The fourth-order valence-corrected chi connectivity index (χ4v) is 4.36. The number of para-hydroxylation sites is 1. The molecule has 1 aromatic heterocycles. The highest BCUT2D eigenvalue weighted by atomic mass is 16.7. The number of fused-ring (bicyclic) bond motifs is 3. The zero-order valence-electron chi connectivity index (χ0n) is 19.8. The number of carbonyl (C=O) groups is 3. The van der Waals surface area contributed by atoms with Crippen molar-refractivity contribution in [2.24, 2.45) is 0 Å². The van der Waals surface area contributed by atoms with Gasteiger partial charge in [0.1, 0.15) is 0 Å². The van der Waals surface area contributed by atoms with Crippen LogP contribution in [0.25, 0.3) is 22.6 Å². The van der Waals surface area contributed by atoms with Gasteiger partial charge in [0.05, 0.1) is 16.8 Å². The number of esters is 1. The predicted octanol–water partition coefficient (Wildman–Crippen LogP) is 3.84. The summed E-state index contributed by atoms with van der Waals surface area (Å²) in [4.78, 5) is 41.8. The third kappa shape index (κ3) is 4.72. The second kappa shape index (κ2) is 10.1. The molecule has 0 unspecified atom stereocenters. The minimum Gasteiger partial charge on any atom is -0.454 e. The molecule has 36 heavy (non-hydrogen) atoms. The van der Waals surface area contributed by atoms with Crippen molar-refractivity contribution in [2.75, 3.05) is 19.9 Å². The highest BCUT2D eigenvalue weighted by molar-refractivity contribution is 6.08. The highest BCUT2D eigenvalue weighted by Crippen LogP contribution is 2.39. The number of imide groups is 1. The molecule has 3 aromatic rings. The van der Waals surface area contributed by atoms with E-state index < -0.39 is 24.5 Å². The molecule has 0 radical (unpaired) electrons. The first-order chi connectivity index (χ1) is 17.5. The van der Waals surface area contributed by atoms with Crippen molar-refractivity contribution in [1.29, 1.82) is 0 Å². The molecule has 0 fully saturated rings. The summed E-state index contributed by atoms with van der Waals surface area (Å²) in [5, 5.41) is 5.35. The summed E-state index contributed by atoms with van der Waals surface area (Å²) >= 11 is 0. The van der Waals surface area contributed by atoms with Gasteiger partial charge in [-0.3, -0.25) is 10.1 Å². The molecule has 0 saturated heterocycles. The molecule has 3 amide bonds. The van der Waals surface area contributed by atoms with Crippen LogP contribution >= 0.6 is 0 Å². The summed E-state index contributed by atoms with van der Waals surface area (Å²) in [7, 11) is 0. The number of hydrogen-bond donors (Lipinski definition) is 2. The van der Waals surface area contributed by atoms with E-state index in [-0.39, 0.29) is 6.79 Å². The standard InChI is InChI=1S/C27H25N3O6/c1-2-11-28-27(33)30-23(31)14-34-26(32)24-18-5-3-4-6-20(18)29-25-17(8-9-19(24)25)12-16-7-10-21-22(13-16)36-15-35-21/h3-7,10,12-13H,2,8-9,11,14-15H2,1H3,(H2,28,30,31,33). The average Bonchev–Trinajstić information content (AvgIpc) is 3.51. The van der Waals surface area contributed by atoms with Crippen molar-refractivity contribution < 1.29 is 28.6 Å². The van der Waals surface area contributed by atoms with Gasteiger partial charge in [-0.2, -0.15) is 0 Å². The first kappa shape index (κ1) is 23.3. The Morgan fingerprint density at radius 3 is 2.78 bits per heavy atom. The third-order valence-electron chi connectivity index (χ3n) is 6.01. The maximum absolute atomic E-state index is 13.2. The molecule has 9 nitrogen and oxygen atoms in total. The Bertz CT molecular complexity index is 1400. The number of amides is 3. The molecule has 2 aliphatic rings. The van der Waals surface area contributed by atoms with Crippen molar-refractivity contribution in [3.63, 3.8) is 0 Å². The van der Waals surface area contributed by atoms with Gasteiger partial charge in [-0.25, -0.2) is 14.6 Å². The van der Waals surface area contributed by atoms with Gasteiger partial charge in [-0.15, -0.1) is 0 Å². The molecule has 9 heteroatoms. The molecule has 1 aliphatic carbocycles. The summed E-state index contributed by atoms with van der Waals surface area (Å²) in [6.07, 6.45) is 4.08. The minimum absolute atomic E-state index is 0.207. The number of ether oxygens (including phenoxy) is 3. The summed E-state index contributed by atoms with van der Waals surface area (Å²) < 4.78 is 16.2. The van der Waals surface area contributed by atoms with Crippen LogP contribution in [0.3, 0.4) is 0 Å². The number of rotatable bonds is 6. The van der Waals surface area contributed by atoms with E-state index in [1.54, 1.807) is 0 Å². The molecule has 1 aliphatic heterocycles. The number of allylic oxidation sites excluding steroid dienone is 1. The van der Waals surface area contributed by atoms with Crippen LogP contribution in [-0.2, 0) is 16.0 Å². The van der Waals surface area contributed by atoms with E-state index >= 15 is 0 Å². The van der Waals surface area contributed by atoms with E-state index in [1.807, 2.05) is 55.5 Å². The summed E-state index contributed by atoms with van der Waals surface area (Å²) in [6.45, 7) is 1.98. The maximum atomic E-state index is 13.2. The zero-order valence-corrected chi connectivity index (χ0v) is 19.8. The average molecular weight is 488 g/mol. The lowest BCUT2D eigenvalue weighted by Gasteiger charge is -2.12. The van der Waals surface area contributed by atoms with E-state index in [4.69, 9.17) is 19.2 Å². The van der Waals surface area contributed by atoms with Crippen molar-refractivity contribution in [3.05, 3.63) is 64.8 Å².